The molecule has 26 heavy (non-hydrogen) atoms. The lowest BCUT2D eigenvalue weighted by Gasteiger charge is -2.33. The molecule has 0 radical (unpaired) electrons. The zero-order chi connectivity index (χ0) is 18.8. The molecular formula is C19H40N6O. The zero-order valence-electron chi connectivity index (χ0n) is 17.3. The van der Waals surface area contributed by atoms with E-state index in [1.807, 2.05) is 0 Å². The van der Waals surface area contributed by atoms with Gasteiger partial charge in [-0.1, -0.05) is 6.92 Å². The molecule has 0 saturated carbocycles. The number of morpholine rings is 1. The summed E-state index contributed by atoms with van der Waals surface area (Å²) < 4.78 is 5.44. The van der Waals surface area contributed by atoms with E-state index in [1.54, 1.807) is 0 Å². The molecule has 2 unspecified atom stereocenters. The van der Waals surface area contributed by atoms with Crippen LogP contribution in [0.4, 0.5) is 0 Å². The number of aliphatic imine (C=N–C) groups is 1. The van der Waals surface area contributed by atoms with Crippen molar-refractivity contribution in [2.45, 2.75) is 26.8 Å². The molecule has 0 aromatic rings. The molecule has 2 aliphatic rings. The SMILES string of the molecule is CCNC(=NCC(C)CN1CCN(C)CC1)NCC(C)N1CCOCC1. The molecule has 2 heterocycles. The number of hydrogen-bond donors (Lipinski definition) is 2. The van der Waals surface area contributed by atoms with E-state index in [1.165, 1.54) is 26.2 Å². The second kappa shape index (κ2) is 11.7. The van der Waals surface area contributed by atoms with E-state index in [2.05, 4.69) is 53.2 Å². The van der Waals surface area contributed by atoms with Crippen LogP contribution in [0.15, 0.2) is 4.99 Å². The van der Waals surface area contributed by atoms with Gasteiger partial charge in [-0.2, -0.15) is 0 Å². The number of guanidine groups is 1. The van der Waals surface area contributed by atoms with Crippen LogP contribution < -0.4 is 10.6 Å². The summed E-state index contributed by atoms with van der Waals surface area (Å²) in [6, 6.07) is 0.491. The van der Waals surface area contributed by atoms with Crippen molar-refractivity contribution in [1.82, 2.24) is 25.3 Å². The molecule has 2 aliphatic heterocycles. The highest BCUT2D eigenvalue weighted by Crippen LogP contribution is 2.05. The van der Waals surface area contributed by atoms with Crippen molar-refractivity contribution in [3.05, 3.63) is 0 Å². The minimum absolute atomic E-state index is 0.491. The summed E-state index contributed by atoms with van der Waals surface area (Å²) in [5, 5.41) is 6.90. The maximum absolute atomic E-state index is 5.44. The first kappa shape index (κ1) is 21.4. The summed E-state index contributed by atoms with van der Waals surface area (Å²) in [5.74, 6) is 1.52. The van der Waals surface area contributed by atoms with Crippen LogP contribution in [0.5, 0.6) is 0 Å². The molecule has 2 fully saturated rings. The summed E-state index contributed by atoms with van der Waals surface area (Å²) >= 11 is 0. The first-order chi connectivity index (χ1) is 12.6. The predicted octanol–water partition coefficient (Wildman–Crippen LogP) is 0.146. The van der Waals surface area contributed by atoms with Gasteiger partial charge in [-0.25, -0.2) is 0 Å². The smallest absolute Gasteiger partial charge is 0.191 e. The lowest BCUT2D eigenvalue weighted by molar-refractivity contribution is 0.0211. The van der Waals surface area contributed by atoms with Crippen LogP contribution in [-0.4, -0.2) is 112 Å². The summed E-state index contributed by atoms with van der Waals surface area (Å²) in [6.07, 6.45) is 0. The van der Waals surface area contributed by atoms with Gasteiger partial charge in [0.15, 0.2) is 5.96 Å². The Labute approximate surface area is 160 Å². The van der Waals surface area contributed by atoms with Gasteiger partial charge in [0.1, 0.15) is 0 Å². The molecule has 152 valence electrons. The van der Waals surface area contributed by atoms with Crippen LogP contribution in [0.2, 0.25) is 0 Å². The van der Waals surface area contributed by atoms with Crippen molar-refractivity contribution in [3.8, 4) is 0 Å². The summed E-state index contributed by atoms with van der Waals surface area (Å²) in [7, 11) is 2.21. The van der Waals surface area contributed by atoms with Gasteiger partial charge in [0.05, 0.1) is 13.2 Å². The molecule has 2 rings (SSSR count). The van der Waals surface area contributed by atoms with Crippen LogP contribution >= 0.6 is 0 Å². The fourth-order valence-electron chi connectivity index (χ4n) is 3.51. The number of hydrogen-bond acceptors (Lipinski definition) is 5. The Morgan fingerprint density at radius 2 is 1.73 bits per heavy atom. The third kappa shape index (κ3) is 7.78. The molecular weight excluding hydrogens is 328 g/mol. The van der Waals surface area contributed by atoms with E-state index in [0.29, 0.717) is 12.0 Å². The normalized spacial score (nSPS) is 23.6. The minimum atomic E-state index is 0.491. The monoisotopic (exact) mass is 368 g/mol. The number of nitrogens with zero attached hydrogens (tertiary/aromatic N) is 4. The molecule has 7 heteroatoms. The maximum atomic E-state index is 5.44. The molecule has 0 spiro atoms. The van der Waals surface area contributed by atoms with E-state index < -0.39 is 0 Å². The van der Waals surface area contributed by atoms with Crippen molar-refractivity contribution < 1.29 is 4.74 Å². The van der Waals surface area contributed by atoms with Gasteiger partial charge in [0.25, 0.3) is 0 Å². The van der Waals surface area contributed by atoms with Gasteiger partial charge in [0.2, 0.25) is 0 Å². The molecule has 2 atom stereocenters. The maximum Gasteiger partial charge on any atom is 0.191 e. The third-order valence-electron chi connectivity index (χ3n) is 5.31. The van der Waals surface area contributed by atoms with Gasteiger partial charge in [-0.3, -0.25) is 9.89 Å². The minimum Gasteiger partial charge on any atom is -0.379 e. The number of rotatable bonds is 8. The lowest BCUT2D eigenvalue weighted by Crippen LogP contribution is -2.49. The van der Waals surface area contributed by atoms with E-state index in [4.69, 9.17) is 9.73 Å². The van der Waals surface area contributed by atoms with Gasteiger partial charge < -0.3 is 25.2 Å². The zero-order valence-corrected chi connectivity index (χ0v) is 17.3. The standard InChI is InChI=1S/C19H40N6O/c1-5-20-19(22-15-18(3)25-10-12-26-13-11-25)21-14-17(2)16-24-8-6-23(4)7-9-24/h17-18H,5-16H2,1-4H3,(H2,20,21,22). The lowest BCUT2D eigenvalue weighted by atomic mass is 10.1. The second-order valence-corrected chi connectivity index (χ2v) is 7.81. The summed E-state index contributed by atoms with van der Waals surface area (Å²) in [6.45, 7) is 19.0. The van der Waals surface area contributed by atoms with Crippen molar-refractivity contribution in [2.75, 3.05) is 85.7 Å². The number of ether oxygens (including phenoxy) is 1. The highest BCUT2D eigenvalue weighted by atomic mass is 16.5. The second-order valence-electron chi connectivity index (χ2n) is 7.81. The first-order valence-electron chi connectivity index (χ1n) is 10.3. The number of likely N-dealkylation sites (N-methyl/N-ethyl adjacent to an activating group) is 1. The highest BCUT2D eigenvalue weighted by Gasteiger charge is 2.18. The van der Waals surface area contributed by atoms with Gasteiger partial charge in [-0.15, -0.1) is 0 Å². The van der Waals surface area contributed by atoms with Crippen molar-refractivity contribution in [3.63, 3.8) is 0 Å². The Kier molecular flexibility index (Phi) is 9.67. The van der Waals surface area contributed by atoms with Crippen LogP contribution in [0.25, 0.3) is 0 Å². The van der Waals surface area contributed by atoms with Crippen LogP contribution in [0, 0.1) is 5.92 Å². The molecule has 0 aromatic carbocycles. The fourth-order valence-corrected chi connectivity index (χ4v) is 3.51. The number of piperazine rings is 1. The predicted molar refractivity (Wildman–Crippen MR) is 109 cm³/mol. The van der Waals surface area contributed by atoms with E-state index in [0.717, 1.165) is 58.4 Å². The Balaban J connectivity index is 1.72. The summed E-state index contributed by atoms with van der Waals surface area (Å²) in [5.41, 5.74) is 0. The average molecular weight is 369 g/mol. The first-order valence-corrected chi connectivity index (χ1v) is 10.3. The van der Waals surface area contributed by atoms with Crippen molar-refractivity contribution in [1.29, 1.82) is 0 Å². The average Bonchev–Trinajstić information content (AvgIpc) is 2.66. The largest absolute Gasteiger partial charge is 0.379 e. The summed E-state index contributed by atoms with van der Waals surface area (Å²) in [4.78, 5) is 12.3. The van der Waals surface area contributed by atoms with E-state index in [-0.39, 0.29) is 0 Å². The van der Waals surface area contributed by atoms with Gasteiger partial charge in [0, 0.05) is 71.5 Å². The molecule has 7 nitrogen and oxygen atoms in total. The Morgan fingerprint density at radius 1 is 1.04 bits per heavy atom. The van der Waals surface area contributed by atoms with Crippen LogP contribution in [0.1, 0.15) is 20.8 Å². The van der Waals surface area contributed by atoms with Crippen molar-refractivity contribution in [2.24, 2.45) is 10.9 Å². The topological polar surface area (TPSA) is 55.4 Å². The van der Waals surface area contributed by atoms with E-state index >= 15 is 0 Å². The molecule has 0 aliphatic carbocycles. The van der Waals surface area contributed by atoms with Crippen LogP contribution in [-0.2, 0) is 4.74 Å². The third-order valence-corrected chi connectivity index (χ3v) is 5.31. The highest BCUT2D eigenvalue weighted by molar-refractivity contribution is 5.79. The Morgan fingerprint density at radius 3 is 2.38 bits per heavy atom. The number of nitrogens with one attached hydrogen (secondary N) is 2. The molecule has 2 saturated heterocycles. The molecule has 0 bridgehead atoms. The van der Waals surface area contributed by atoms with Crippen LogP contribution in [0.3, 0.4) is 0 Å². The molecule has 0 amide bonds. The molecule has 2 N–H and O–H groups in total. The Hall–Kier alpha value is -0.890. The van der Waals surface area contributed by atoms with Crippen molar-refractivity contribution >= 4 is 5.96 Å². The van der Waals surface area contributed by atoms with Gasteiger partial charge >= 0.3 is 0 Å². The Bertz CT molecular complexity index is 405. The van der Waals surface area contributed by atoms with E-state index in [9.17, 15) is 0 Å². The quantitative estimate of drug-likeness (QED) is 0.470. The molecule has 0 aromatic heterocycles. The van der Waals surface area contributed by atoms with Gasteiger partial charge in [-0.05, 0) is 26.8 Å². The fraction of sp³-hybridized carbons (Fsp3) is 0.947.